The molecule has 1 heterocycles. The summed E-state index contributed by atoms with van der Waals surface area (Å²) in [6.45, 7) is 2.46. The highest BCUT2D eigenvalue weighted by atomic mass is 16.2. The van der Waals surface area contributed by atoms with E-state index in [0.717, 1.165) is 16.8 Å². The predicted molar refractivity (Wildman–Crippen MR) is 91.6 cm³/mol. The molecule has 0 spiro atoms. The maximum absolute atomic E-state index is 12.0. The highest BCUT2D eigenvalue weighted by Gasteiger charge is 2.09. The van der Waals surface area contributed by atoms with E-state index in [1.54, 1.807) is 11.0 Å². The first-order valence-electron chi connectivity index (χ1n) is 7.75. The zero-order valence-electron chi connectivity index (χ0n) is 13.4. The number of urea groups is 1. The second kappa shape index (κ2) is 7.41. The maximum Gasteiger partial charge on any atom is 0.315 e. The van der Waals surface area contributed by atoms with Gasteiger partial charge in [0.25, 0.3) is 0 Å². The molecule has 3 aromatic rings. The van der Waals surface area contributed by atoms with Crippen molar-refractivity contribution in [2.75, 3.05) is 0 Å². The fraction of sp³-hybridized carbons (Fsp3) is 0.167. The molecule has 2 N–H and O–H groups in total. The minimum Gasteiger partial charge on any atom is -0.334 e. The summed E-state index contributed by atoms with van der Waals surface area (Å²) in [6, 6.07) is 17.4. The average molecular weight is 321 g/mol. The van der Waals surface area contributed by atoms with E-state index in [1.165, 1.54) is 6.33 Å². The first-order valence-corrected chi connectivity index (χ1v) is 7.75. The van der Waals surface area contributed by atoms with Gasteiger partial charge in [0.05, 0.1) is 11.7 Å². The molecule has 122 valence electrons. The summed E-state index contributed by atoms with van der Waals surface area (Å²) in [4.78, 5) is 15.9. The van der Waals surface area contributed by atoms with E-state index in [0.29, 0.717) is 6.54 Å². The van der Waals surface area contributed by atoms with Gasteiger partial charge in [-0.25, -0.2) is 14.5 Å². The molecule has 0 aliphatic carbocycles. The molecule has 0 aliphatic heterocycles. The Morgan fingerprint density at radius 1 is 1.12 bits per heavy atom. The van der Waals surface area contributed by atoms with Crippen LogP contribution in [0.3, 0.4) is 0 Å². The molecule has 3 rings (SSSR count). The third-order valence-electron chi connectivity index (χ3n) is 3.72. The molecule has 1 aromatic heterocycles. The smallest absolute Gasteiger partial charge is 0.315 e. The number of nitrogens with zero attached hydrogens (tertiary/aromatic N) is 3. The number of carbonyl (C=O) groups is 1. The lowest BCUT2D eigenvalue weighted by Gasteiger charge is -2.15. The van der Waals surface area contributed by atoms with Gasteiger partial charge >= 0.3 is 6.03 Å². The molecule has 0 aliphatic rings. The van der Waals surface area contributed by atoms with Gasteiger partial charge in [-0.1, -0.05) is 42.5 Å². The van der Waals surface area contributed by atoms with E-state index in [2.05, 4.69) is 20.7 Å². The van der Waals surface area contributed by atoms with Crippen molar-refractivity contribution in [1.29, 1.82) is 0 Å². The molecule has 1 unspecified atom stereocenters. The van der Waals surface area contributed by atoms with Gasteiger partial charge in [0.1, 0.15) is 12.7 Å². The first-order chi connectivity index (χ1) is 11.7. The van der Waals surface area contributed by atoms with Crippen LogP contribution in [-0.4, -0.2) is 20.8 Å². The van der Waals surface area contributed by atoms with Crippen molar-refractivity contribution < 1.29 is 4.79 Å². The molecule has 0 bridgehead atoms. The third kappa shape index (κ3) is 3.98. The van der Waals surface area contributed by atoms with Crippen LogP contribution in [0.1, 0.15) is 24.1 Å². The fourth-order valence-electron chi connectivity index (χ4n) is 2.37. The SMILES string of the molecule is CC(NC(=O)NCc1ccccc1)c1ccc(-n2cncn2)cc1. The summed E-state index contributed by atoms with van der Waals surface area (Å²) < 4.78 is 1.69. The van der Waals surface area contributed by atoms with Crippen LogP contribution < -0.4 is 10.6 Å². The summed E-state index contributed by atoms with van der Waals surface area (Å²) in [5.41, 5.74) is 3.02. The lowest BCUT2D eigenvalue weighted by Crippen LogP contribution is -2.36. The molecule has 24 heavy (non-hydrogen) atoms. The van der Waals surface area contributed by atoms with Gasteiger partial charge in [-0.2, -0.15) is 5.10 Å². The molecule has 1 atom stereocenters. The van der Waals surface area contributed by atoms with Gasteiger partial charge in [0, 0.05) is 6.54 Å². The summed E-state index contributed by atoms with van der Waals surface area (Å²) in [6.07, 6.45) is 3.14. The van der Waals surface area contributed by atoms with Crippen molar-refractivity contribution in [3.8, 4) is 5.69 Å². The molecule has 0 radical (unpaired) electrons. The number of benzene rings is 2. The van der Waals surface area contributed by atoms with Gasteiger partial charge in [-0.05, 0) is 30.2 Å². The van der Waals surface area contributed by atoms with Crippen LogP contribution in [0.4, 0.5) is 4.79 Å². The van der Waals surface area contributed by atoms with Crippen molar-refractivity contribution in [1.82, 2.24) is 25.4 Å². The van der Waals surface area contributed by atoms with Crippen LogP contribution in [0.25, 0.3) is 5.69 Å². The van der Waals surface area contributed by atoms with Gasteiger partial charge in [0.15, 0.2) is 0 Å². The van der Waals surface area contributed by atoms with Gasteiger partial charge in [-0.15, -0.1) is 0 Å². The summed E-state index contributed by atoms with van der Waals surface area (Å²) in [7, 11) is 0. The Bertz CT molecular complexity index is 769. The largest absolute Gasteiger partial charge is 0.334 e. The Labute approximate surface area is 140 Å². The predicted octanol–water partition coefficient (Wildman–Crippen LogP) is 2.83. The van der Waals surface area contributed by atoms with Crippen LogP contribution >= 0.6 is 0 Å². The van der Waals surface area contributed by atoms with Crippen molar-refractivity contribution in [3.63, 3.8) is 0 Å². The van der Waals surface area contributed by atoms with Gasteiger partial charge < -0.3 is 10.6 Å². The quantitative estimate of drug-likeness (QED) is 0.759. The second-order valence-corrected chi connectivity index (χ2v) is 5.47. The van der Waals surface area contributed by atoms with Crippen LogP contribution in [0, 0.1) is 0 Å². The fourth-order valence-corrected chi connectivity index (χ4v) is 2.37. The molecule has 0 fully saturated rings. The van der Waals surface area contributed by atoms with E-state index in [-0.39, 0.29) is 12.1 Å². The van der Waals surface area contributed by atoms with Crippen molar-refractivity contribution in [3.05, 3.63) is 78.4 Å². The maximum atomic E-state index is 12.0. The minimum absolute atomic E-state index is 0.0921. The number of hydrogen-bond acceptors (Lipinski definition) is 3. The zero-order chi connectivity index (χ0) is 16.8. The van der Waals surface area contributed by atoms with Crippen molar-refractivity contribution in [2.45, 2.75) is 19.5 Å². The lowest BCUT2D eigenvalue weighted by atomic mass is 10.1. The minimum atomic E-state index is -0.188. The summed E-state index contributed by atoms with van der Waals surface area (Å²) >= 11 is 0. The van der Waals surface area contributed by atoms with Crippen LogP contribution in [-0.2, 0) is 6.54 Å². The van der Waals surface area contributed by atoms with Crippen LogP contribution in [0.15, 0.2) is 67.3 Å². The Hall–Kier alpha value is -3.15. The van der Waals surface area contributed by atoms with E-state index in [9.17, 15) is 4.79 Å². The lowest BCUT2D eigenvalue weighted by molar-refractivity contribution is 0.237. The molecule has 0 saturated heterocycles. The number of nitrogens with one attached hydrogen (secondary N) is 2. The van der Waals surface area contributed by atoms with Gasteiger partial charge in [0.2, 0.25) is 0 Å². The van der Waals surface area contributed by atoms with Crippen LogP contribution in [0.2, 0.25) is 0 Å². The number of carbonyl (C=O) groups excluding carboxylic acids is 1. The Morgan fingerprint density at radius 2 is 1.88 bits per heavy atom. The van der Waals surface area contributed by atoms with E-state index >= 15 is 0 Å². The standard InChI is InChI=1S/C18H19N5O/c1-14(22-18(24)20-11-15-5-3-2-4-6-15)16-7-9-17(10-8-16)23-13-19-12-21-23/h2-10,12-14H,11H2,1H3,(H2,20,22,24). The molecule has 6 heteroatoms. The van der Waals surface area contributed by atoms with Gasteiger partial charge in [-0.3, -0.25) is 0 Å². The molecular formula is C18H19N5O. The molecule has 2 aromatic carbocycles. The molecule has 0 saturated carbocycles. The third-order valence-corrected chi connectivity index (χ3v) is 3.72. The van der Waals surface area contributed by atoms with E-state index in [4.69, 9.17) is 0 Å². The Kier molecular flexibility index (Phi) is 4.86. The average Bonchev–Trinajstić information content (AvgIpc) is 3.16. The molecular weight excluding hydrogens is 302 g/mol. The highest BCUT2D eigenvalue weighted by molar-refractivity contribution is 5.74. The van der Waals surface area contributed by atoms with Crippen molar-refractivity contribution >= 4 is 6.03 Å². The molecule has 2 amide bonds. The molecule has 6 nitrogen and oxygen atoms in total. The number of amides is 2. The number of hydrogen-bond donors (Lipinski definition) is 2. The van der Waals surface area contributed by atoms with E-state index in [1.807, 2.05) is 61.5 Å². The van der Waals surface area contributed by atoms with Crippen molar-refractivity contribution in [2.24, 2.45) is 0 Å². The Balaban J connectivity index is 1.54. The second-order valence-electron chi connectivity index (χ2n) is 5.47. The summed E-state index contributed by atoms with van der Waals surface area (Å²) in [5, 5.41) is 9.89. The Morgan fingerprint density at radius 3 is 2.54 bits per heavy atom. The number of aromatic nitrogens is 3. The van der Waals surface area contributed by atoms with E-state index < -0.39 is 0 Å². The monoisotopic (exact) mass is 321 g/mol. The highest BCUT2D eigenvalue weighted by Crippen LogP contribution is 2.15. The first kappa shape index (κ1) is 15.7. The summed E-state index contributed by atoms with van der Waals surface area (Å²) in [5.74, 6) is 0. The topological polar surface area (TPSA) is 71.8 Å². The van der Waals surface area contributed by atoms with Crippen LogP contribution in [0.5, 0.6) is 0 Å². The normalized spacial score (nSPS) is 11.7. The number of rotatable bonds is 5. The zero-order valence-corrected chi connectivity index (χ0v) is 13.4.